The minimum atomic E-state index is 0.00597. The second-order valence-electron chi connectivity index (χ2n) is 2.88. The first-order valence-corrected chi connectivity index (χ1v) is 4.38. The van der Waals surface area contributed by atoms with Crippen LogP contribution in [0.1, 0.15) is 0 Å². The summed E-state index contributed by atoms with van der Waals surface area (Å²) in [6, 6.07) is 0. The lowest BCUT2D eigenvalue weighted by Gasteiger charge is -2.13. The first-order chi connectivity index (χ1) is 7.02. The van der Waals surface area contributed by atoms with E-state index in [1.165, 1.54) is 7.05 Å². The number of anilines is 2. The molecule has 1 amide bonds. The third kappa shape index (κ3) is 3.30. The molecule has 0 aliphatic rings. The average molecular weight is 230 g/mol. The van der Waals surface area contributed by atoms with Gasteiger partial charge in [0.05, 0.1) is 0 Å². The Morgan fingerprint density at radius 3 is 2.47 bits per heavy atom. The molecule has 0 saturated carbocycles. The number of carbonyl (C=O) groups excluding carboxylic acids is 1. The molecule has 0 aliphatic heterocycles. The molecule has 1 heterocycles. The van der Waals surface area contributed by atoms with Crippen molar-refractivity contribution in [1.29, 1.82) is 0 Å². The van der Waals surface area contributed by atoms with Crippen molar-refractivity contribution >= 4 is 29.9 Å². The minimum absolute atomic E-state index is 0.00597. The summed E-state index contributed by atoms with van der Waals surface area (Å²) in [5.74, 6) is 0.395. The molecule has 1 radical (unpaired) electrons. The molecule has 1 rings (SSSR count). The standard InChI is InChI=1S/C7H10ClN6O/c1-13(2)12-6-9-5(8)10-7(11-6)14(3)4-15/h1-3H3,(H,9,10,11,12). The van der Waals surface area contributed by atoms with Crippen LogP contribution in [-0.4, -0.2) is 47.5 Å². The van der Waals surface area contributed by atoms with E-state index < -0.39 is 0 Å². The van der Waals surface area contributed by atoms with Crippen LogP contribution in [0.5, 0.6) is 0 Å². The highest BCUT2D eigenvalue weighted by molar-refractivity contribution is 6.28. The van der Waals surface area contributed by atoms with E-state index in [9.17, 15) is 4.79 Å². The summed E-state index contributed by atoms with van der Waals surface area (Å²) in [7, 11) is 5.01. The average Bonchev–Trinajstić information content (AvgIpc) is 2.14. The number of rotatable bonds is 4. The number of halogens is 1. The Hall–Kier alpha value is -1.47. The summed E-state index contributed by atoms with van der Waals surface area (Å²) in [5, 5.41) is 1.64. The molecule has 0 aromatic carbocycles. The molecule has 0 unspecified atom stereocenters. The highest BCUT2D eigenvalue weighted by Crippen LogP contribution is 2.11. The second kappa shape index (κ2) is 4.85. The molecule has 0 atom stereocenters. The number of amides is 1. The smallest absolute Gasteiger partial charge is 0.287 e. The number of aromatic nitrogens is 3. The molecule has 0 saturated heterocycles. The summed E-state index contributed by atoms with van der Waals surface area (Å²) in [4.78, 5) is 23.0. The number of hydrogen-bond donors (Lipinski definition) is 1. The van der Waals surface area contributed by atoms with Crippen LogP contribution >= 0.6 is 11.6 Å². The molecule has 0 bridgehead atoms. The molecule has 0 spiro atoms. The molecule has 81 valence electrons. The lowest BCUT2D eigenvalue weighted by Crippen LogP contribution is -2.23. The second-order valence-corrected chi connectivity index (χ2v) is 3.22. The van der Waals surface area contributed by atoms with E-state index in [2.05, 4.69) is 20.4 Å². The highest BCUT2D eigenvalue weighted by atomic mass is 35.5. The monoisotopic (exact) mass is 229 g/mol. The quantitative estimate of drug-likeness (QED) is 0.575. The zero-order chi connectivity index (χ0) is 11.4. The van der Waals surface area contributed by atoms with Gasteiger partial charge in [-0.15, -0.1) is 0 Å². The Bertz CT molecular complexity index is 357. The predicted molar refractivity (Wildman–Crippen MR) is 56.2 cm³/mol. The van der Waals surface area contributed by atoms with E-state index >= 15 is 0 Å². The lowest BCUT2D eigenvalue weighted by atomic mass is 10.8. The fraction of sp³-hybridized carbons (Fsp3) is 0.429. The minimum Gasteiger partial charge on any atom is -0.287 e. The number of nitrogens with one attached hydrogen (secondary N) is 1. The van der Waals surface area contributed by atoms with E-state index in [1.54, 1.807) is 25.5 Å². The molecule has 1 N–H and O–H groups in total. The van der Waals surface area contributed by atoms with E-state index in [1.807, 2.05) is 0 Å². The van der Waals surface area contributed by atoms with Crippen LogP contribution in [0, 0.1) is 0 Å². The summed E-state index contributed by atoms with van der Waals surface area (Å²) in [6.07, 6.45) is 1.62. The van der Waals surface area contributed by atoms with Crippen molar-refractivity contribution in [2.45, 2.75) is 0 Å². The van der Waals surface area contributed by atoms with Crippen molar-refractivity contribution in [3.63, 3.8) is 0 Å². The molecule has 1 aromatic rings. The molecule has 15 heavy (non-hydrogen) atoms. The maximum atomic E-state index is 10.4. The molecule has 8 heteroatoms. The Morgan fingerprint density at radius 1 is 1.27 bits per heavy atom. The number of hydrazine groups is 1. The zero-order valence-corrected chi connectivity index (χ0v) is 9.28. The van der Waals surface area contributed by atoms with Gasteiger partial charge in [0.2, 0.25) is 17.2 Å². The molecule has 0 aliphatic carbocycles. The van der Waals surface area contributed by atoms with Crippen LogP contribution in [0.4, 0.5) is 11.9 Å². The number of nitrogens with zero attached hydrogens (tertiary/aromatic N) is 5. The van der Waals surface area contributed by atoms with Crippen molar-refractivity contribution in [3.8, 4) is 0 Å². The van der Waals surface area contributed by atoms with Crippen molar-refractivity contribution in [2.75, 3.05) is 31.5 Å². The van der Waals surface area contributed by atoms with Crippen molar-refractivity contribution < 1.29 is 4.79 Å². The third-order valence-corrected chi connectivity index (χ3v) is 1.53. The fourth-order valence-corrected chi connectivity index (χ4v) is 0.936. The van der Waals surface area contributed by atoms with Crippen LogP contribution in [0.3, 0.4) is 0 Å². The molecule has 0 fully saturated rings. The fourth-order valence-electron chi connectivity index (χ4n) is 0.780. The summed E-state index contributed by atoms with van der Waals surface area (Å²) in [5.41, 5.74) is 2.80. The summed E-state index contributed by atoms with van der Waals surface area (Å²) < 4.78 is 0. The first kappa shape index (κ1) is 11.6. The van der Waals surface area contributed by atoms with Gasteiger partial charge in [-0.05, 0) is 11.6 Å². The van der Waals surface area contributed by atoms with Gasteiger partial charge >= 0.3 is 6.41 Å². The maximum Gasteiger partial charge on any atom is 0.319 e. The Labute approximate surface area is 92.1 Å². The predicted octanol–water partition coefficient (Wildman–Crippen LogP) is -0.0831. The summed E-state index contributed by atoms with van der Waals surface area (Å²) in [6.45, 7) is 0. The molecule has 7 nitrogen and oxygen atoms in total. The molecular weight excluding hydrogens is 220 g/mol. The van der Waals surface area contributed by atoms with Crippen molar-refractivity contribution in [2.24, 2.45) is 0 Å². The van der Waals surface area contributed by atoms with Crippen LogP contribution in [0.2, 0.25) is 5.28 Å². The van der Waals surface area contributed by atoms with Gasteiger partial charge in [-0.3, -0.25) is 15.1 Å². The van der Waals surface area contributed by atoms with Gasteiger partial charge in [-0.25, -0.2) is 5.01 Å². The topological polar surface area (TPSA) is 74.2 Å². The van der Waals surface area contributed by atoms with Crippen molar-refractivity contribution in [3.05, 3.63) is 5.28 Å². The molecule has 1 aromatic heterocycles. The van der Waals surface area contributed by atoms with Gasteiger partial charge in [0.1, 0.15) is 0 Å². The zero-order valence-electron chi connectivity index (χ0n) is 8.52. The van der Waals surface area contributed by atoms with Gasteiger partial charge in [0.25, 0.3) is 0 Å². The molecular formula is C7H10ClN6O. The third-order valence-electron chi connectivity index (χ3n) is 1.36. The Balaban J connectivity index is 2.99. The van der Waals surface area contributed by atoms with Gasteiger partial charge < -0.3 is 0 Å². The van der Waals surface area contributed by atoms with E-state index in [0.29, 0.717) is 0 Å². The van der Waals surface area contributed by atoms with Gasteiger partial charge in [0.15, 0.2) is 0 Å². The van der Waals surface area contributed by atoms with Crippen LogP contribution < -0.4 is 10.3 Å². The van der Waals surface area contributed by atoms with Crippen LogP contribution in [0.25, 0.3) is 0 Å². The van der Waals surface area contributed by atoms with Crippen LogP contribution in [0.15, 0.2) is 0 Å². The van der Waals surface area contributed by atoms with Gasteiger partial charge in [-0.1, -0.05) is 0 Å². The Kier molecular flexibility index (Phi) is 3.75. The highest BCUT2D eigenvalue weighted by Gasteiger charge is 2.09. The maximum absolute atomic E-state index is 10.4. The Morgan fingerprint density at radius 2 is 1.93 bits per heavy atom. The van der Waals surface area contributed by atoms with Crippen molar-refractivity contribution in [1.82, 2.24) is 20.0 Å². The lowest BCUT2D eigenvalue weighted by molar-refractivity contribution is 0.488. The van der Waals surface area contributed by atoms with Gasteiger partial charge in [0, 0.05) is 21.1 Å². The number of hydrogen-bond acceptors (Lipinski definition) is 6. The largest absolute Gasteiger partial charge is 0.319 e. The summed E-state index contributed by atoms with van der Waals surface area (Å²) >= 11 is 5.66. The normalized spacial score (nSPS) is 10.2. The van der Waals surface area contributed by atoms with E-state index in [-0.39, 0.29) is 17.2 Å². The van der Waals surface area contributed by atoms with E-state index in [4.69, 9.17) is 11.6 Å². The van der Waals surface area contributed by atoms with Crippen LogP contribution in [-0.2, 0) is 4.79 Å². The van der Waals surface area contributed by atoms with Gasteiger partial charge in [-0.2, -0.15) is 15.0 Å². The first-order valence-electron chi connectivity index (χ1n) is 4.00. The SMILES string of the molecule is CN(C)Nc1nc(Cl)nc(N(C)[C]=O)n1. The van der Waals surface area contributed by atoms with E-state index in [0.717, 1.165) is 4.90 Å².